The lowest BCUT2D eigenvalue weighted by Gasteiger charge is -2.08. The maximum Gasteiger partial charge on any atom is 0.179 e. The lowest BCUT2D eigenvalue weighted by Crippen LogP contribution is -2.22. The maximum atomic E-state index is 5.94. The lowest BCUT2D eigenvalue weighted by atomic mass is 10.1. The van der Waals surface area contributed by atoms with Crippen molar-refractivity contribution in [2.75, 3.05) is 0 Å². The van der Waals surface area contributed by atoms with Gasteiger partial charge in [0, 0.05) is 35.0 Å². The number of pyridine rings is 1. The van der Waals surface area contributed by atoms with Gasteiger partial charge in [-0.3, -0.25) is 4.98 Å². The van der Waals surface area contributed by atoms with Gasteiger partial charge in [0.15, 0.2) is 5.82 Å². The van der Waals surface area contributed by atoms with Crippen molar-refractivity contribution in [3.05, 3.63) is 40.8 Å². The van der Waals surface area contributed by atoms with Crippen LogP contribution in [0, 0.1) is 0 Å². The van der Waals surface area contributed by atoms with Crippen molar-refractivity contribution in [3.8, 4) is 11.5 Å². The average Bonchev–Trinajstić information content (AvgIpc) is 2.39. The molecule has 5 heteroatoms. The highest BCUT2D eigenvalue weighted by Gasteiger charge is 2.09. The monoisotopic (exact) mass is 306 g/mol. The van der Waals surface area contributed by atoms with Crippen LogP contribution < -0.4 is 5.73 Å². The van der Waals surface area contributed by atoms with Crippen molar-refractivity contribution in [3.63, 3.8) is 0 Å². The molecule has 4 nitrogen and oxygen atoms in total. The predicted molar refractivity (Wildman–Crippen MR) is 74.9 cm³/mol. The summed E-state index contributed by atoms with van der Waals surface area (Å²) >= 11 is 3.45. The Hall–Kier alpha value is -1.33. The van der Waals surface area contributed by atoms with E-state index >= 15 is 0 Å². The first-order chi connectivity index (χ1) is 8.70. The van der Waals surface area contributed by atoms with E-state index in [9.17, 15) is 0 Å². The van der Waals surface area contributed by atoms with Gasteiger partial charge in [0.05, 0.1) is 0 Å². The zero-order valence-corrected chi connectivity index (χ0v) is 11.8. The van der Waals surface area contributed by atoms with E-state index in [2.05, 4.69) is 37.8 Å². The van der Waals surface area contributed by atoms with Crippen LogP contribution in [0.1, 0.15) is 19.0 Å². The lowest BCUT2D eigenvalue weighted by molar-refractivity contribution is 0.636. The van der Waals surface area contributed by atoms with E-state index in [0.29, 0.717) is 5.82 Å². The van der Waals surface area contributed by atoms with E-state index in [4.69, 9.17) is 5.73 Å². The molecule has 2 heterocycles. The Morgan fingerprint density at radius 1 is 1.28 bits per heavy atom. The van der Waals surface area contributed by atoms with Crippen LogP contribution in [-0.4, -0.2) is 21.0 Å². The minimum absolute atomic E-state index is 0.139. The van der Waals surface area contributed by atoms with Crippen molar-refractivity contribution in [2.45, 2.75) is 25.8 Å². The molecule has 0 fully saturated rings. The summed E-state index contributed by atoms with van der Waals surface area (Å²) in [5.74, 6) is 0.628. The molecular weight excluding hydrogens is 292 g/mol. The third-order valence-electron chi connectivity index (χ3n) is 2.68. The summed E-state index contributed by atoms with van der Waals surface area (Å²) in [6.07, 6.45) is 5.18. The Morgan fingerprint density at radius 3 is 2.83 bits per heavy atom. The third-order valence-corrected chi connectivity index (χ3v) is 3.32. The smallest absolute Gasteiger partial charge is 0.179 e. The van der Waals surface area contributed by atoms with E-state index in [1.807, 2.05) is 18.2 Å². The highest BCUT2D eigenvalue weighted by molar-refractivity contribution is 9.10. The zero-order valence-electron chi connectivity index (χ0n) is 10.2. The minimum atomic E-state index is 0.139. The van der Waals surface area contributed by atoms with Crippen molar-refractivity contribution in [1.82, 2.24) is 15.0 Å². The van der Waals surface area contributed by atoms with Gasteiger partial charge >= 0.3 is 0 Å². The topological polar surface area (TPSA) is 64.7 Å². The molecule has 18 heavy (non-hydrogen) atoms. The van der Waals surface area contributed by atoms with Crippen LogP contribution in [0.15, 0.2) is 35.1 Å². The van der Waals surface area contributed by atoms with Crippen LogP contribution in [0.5, 0.6) is 0 Å². The number of nitrogens with two attached hydrogens (primary N) is 1. The van der Waals surface area contributed by atoms with Gasteiger partial charge in [0.2, 0.25) is 0 Å². The largest absolute Gasteiger partial charge is 0.327 e. The molecule has 2 aromatic rings. The summed E-state index contributed by atoms with van der Waals surface area (Å²) in [6, 6.07) is 5.83. The first-order valence-corrected chi connectivity index (χ1v) is 6.68. The van der Waals surface area contributed by atoms with Gasteiger partial charge in [-0.25, -0.2) is 9.97 Å². The van der Waals surface area contributed by atoms with E-state index in [1.54, 1.807) is 12.4 Å². The Kier molecular flexibility index (Phi) is 4.38. The van der Waals surface area contributed by atoms with Crippen LogP contribution in [0.3, 0.4) is 0 Å². The van der Waals surface area contributed by atoms with Crippen LogP contribution in [0.2, 0.25) is 0 Å². The molecule has 2 aromatic heterocycles. The molecule has 1 atom stereocenters. The van der Waals surface area contributed by atoms with Gasteiger partial charge < -0.3 is 5.73 Å². The second kappa shape index (κ2) is 6.02. The number of nitrogens with zero attached hydrogens (tertiary/aromatic N) is 3. The molecule has 94 valence electrons. The van der Waals surface area contributed by atoms with Crippen LogP contribution in [0.25, 0.3) is 11.5 Å². The molecule has 1 unspecified atom stereocenters. The van der Waals surface area contributed by atoms with E-state index < -0.39 is 0 Å². The Bertz CT molecular complexity index is 530. The summed E-state index contributed by atoms with van der Waals surface area (Å²) in [6.45, 7) is 2.07. The summed E-state index contributed by atoms with van der Waals surface area (Å²) in [7, 11) is 0. The molecule has 0 bridgehead atoms. The number of hydrogen-bond acceptors (Lipinski definition) is 4. The normalized spacial score (nSPS) is 12.4. The van der Waals surface area contributed by atoms with Crippen LogP contribution in [0.4, 0.5) is 0 Å². The van der Waals surface area contributed by atoms with Gasteiger partial charge in [-0.2, -0.15) is 0 Å². The van der Waals surface area contributed by atoms with Crippen LogP contribution >= 0.6 is 15.9 Å². The molecule has 0 saturated heterocycles. The highest BCUT2D eigenvalue weighted by Crippen LogP contribution is 2.22. The molecule has 0 radical (unpaired) electrons. The quantitative estimate of drug-likeness (QED) is 0.943. The summed E-state index contributed by atoms with van der Waals surface area (Å²) in [4.78, 5) is 13.1. The fourth-order valence-electron chi connectivity index (χ4n) is 1.59. The second-order valence-electron chi connectivity index (χ2n) is 4.08. The molecule has 0 saturated carbocycles. The molecule has 0 amide bonds. The Balaban J connectivity index is 2.30. The first kappa shape index (κ1) is 13.1. The first-order valence-electron chi connectivity index (χ1n) is 5.89. The van der Waals surface area contributed by atoms with Crippen molar-refractivity contribution < 1.29 is 0 Å². The fourth-order valence-corrected chi connectivity index (χ4v) is 2.02. The highest BCUT2D eigenvalue weighted by atomic mass is 79.9. The summed E-state index contributed by atoms with van der Waals surface area (Å²) in [5.41, 5.74) is 7.64. The van der Waals surface area contributed by atoms with Gasteiger partial charge in [0.25, 0.3) is 0 Å². The number of hydrogen-bond donors (Lipinski definition) is 1. The number of aromatic nitrogens is 3. The molecule has 0 aliphatic carbocycles. The van der Waals surface area contributed by atoms with Gasteiger partial charge in [-0.05, 0) is 40.5 Å². The van der Waals surface area contributed by atoms with E-state index in [0.717, 1.165) is 28.7 Å². The number of halogens is 1. The molecule has 2 rings (SSSR count). The third kappa shape index (κ3) is 3.11. The van der Waals surface area contributed by atoms with Crippen molar-refractivity contribution >= 4 is 15.9 Å². The summed E-state index contributed by atoms with van der Waals surface area (Å²) in [5, 5.41) is 0. The zero-order chi connectivity index (χ0) is 13.0. The maximum absolute atomic E-state index is 5.94. The van der Waals surface area contributed by atoms with Crippen molar-refractivity contribution in [2.24, 2.45) is 5.73 Å². The van der Waals surface area contributed by atoms with Gasteiger partial charge in [0.1, 0.15) is 5.69 Å². The van der Waals surface area contributed by atoms with Crippen molar-refractivity contribution in [1.29, 1.82) is 0 Å². The standard InChI is InChI=1S/C13H15BrN4/c1-2-9(15)8-10-5-7-17-13(18-10)12-11(14)4-3-6-16-12/h3-7,9H,2,8,15H2,1H3. The molecule has 0 aliphatic rings. The minimum Gasteiger partial charge on any atom is -0.327 e. The van der Waals surface area contributed by atoms with Gasteiger partial charge in [-0.1, -0.05) is 6.92 Å². The second-order valence-corrected chi connectivity index (χ2v) is 4.93. The number of rotatable bonds is 4. The molecule has 0 aromatic carbocycles. The molecule has 2 N–H and O–H groups in total. The SMILES string of the molecule is CCC(N)Cc1ccnc(-c2ncccc2Br)n1. The summed E-state index contributed by atoms with van der Waals surface area (Å²) < 4.78 is 0.891. The molecule has 0 spiro atoms. The average molecular weight is 307 g/mol. The fraction of sp³-hybridized carbons (Fsp3) is 0.308. The predicted octanol–water partition coefficient (Wildman–Crippen LogP) is 2.58. The van der Waals surface area contributed by atoms with E-state index in [-0.39, 0.29) is 6.04 Å². The van der Waals surface area contributed by atoms with Crippen LogP contribution in [-0.2, 0) is 6.42 Å². The molecule has 0 aliphatic heterocycles. The Morgan fingerprint density at radius 2 is 2.11 bits per heavy atom. The Labute approximate surface area is 115 Å². The van der Waals surface area contributed by atoms with Gasteiger partial charge in [-0.15, -0.1) is 0 Å². The molecular formula is C13H15BrN4. The van der Waals surface area contributed by atoms with E-state index in [1.165, 1.54) is 0 Å².